The number of rotatable bonds is 8. The summed E-state index contributed by atoms with van der Waals surface area (Å²) in [6.07, 6.45) is 0. The van der Waals surface area contributed by atoms with E-state index >= 15 is 0 Å². The van der Waals surface area contributed by atoms with Crippen molar-refractivity contribution in [3.8, 4) is 34.1 Å². The molecule has 0 bridgehead atoms. The van der Waals surface area contributed by atoms with Crippen LogP contribution in [0.3, 0.4) is 0 Å². The first-order valence-electron chi connectivity index (χ1n) is 16.3. The molecule has 0 saturated carbocycles. The molecule has 234 valence electrons. The summed E-state index contributed by atoms with van der Waals surface area (Å²) < 4.78 is 12.6. The highest BCUT2D eigenvalue weighted by Crippen LogP contribution is 2.56. The fourth-order valence-corrected chi connectivity index (χ4v) is 6.86. The van der Waals surface area contributed by atoms with E-state index in [0.717, 1.165) is 22.6 Å². The topological polar surface area (TPSA) is 70.5 Å². The van der Waals surface area contributed by atoms with Crippen molar-refractivity contribution in [1.29, 1.82) is 0 Å². The third kappa shape index (κ3) is 5.30. The number of anilines is 2. The van der Waals surface area contributed by atoms with Gasteiger partial charge >= 0.3 is 0 Å². The fourth-order valence-electron chi connectivity index (χ4n) is 6.86. The van der Waals surface area contributed by atoms with Crippen LogP contribution in [0, 0.1) is 0 Å². The molecule has 6 aromatic rings. The molecule has 0 amide bonds. The summed E-state index contributed by atoms with van der Waals surface area (Å²) in [6, 6.07) is 46.3. The normalized spacial score (nSPS) is 13.0. The number of fused-ring (bicyclic) bond motifs is 3. The monoisotopic (exact) mass is 616 g/mol. The molecule has 0 aliphatic heterocycles. The lowest BCUT2D eigenvalue weighted by Gasteiger charge is -2.34. The zero-order valence-corrected chi connectivity index (χ0v) is 27.3. The van der Waals surface area contributed by atoms with E-state index in [-0.39, 0.29) is 0 Å². The first kappa shape index (κ1) is 30.2. The Morgan fingerprint density at radius 3 is 1.21 bits per heavy atom. The molecule has 0 radical (unpaired) electrons. The van der Waals surface area contributed by atoms with Crippen LogP contribution in [0.1, 0.15) is 72.9 Å². The average Bonchev–Trinajstić information content (AvgIpc) is 3.38. The Hall–Kier alpha value is -5.48. The van der Waals surface area contributed by atoms with Crippen molar-refractivity contribution in [3.05, 3.63) is 167 Å². The Labute approximate surface area is 277 Å². The van der Waals surface area contributed by atoms with E-state index in [4.69, 9.17) is 20.9 Å². The van der Waals surface area contributed by atoms with Crippen LogP contribution in [-0.2, 0) is 5.41 Å². The summed E-state index contributed by atoms with van der Waals surface area (Å²) in [6.45, 7) is 8.63. The van der Waals surface area contributed by atoms with Gasteiger partial charge in [0.15, 0.2) is 0 Å². The molecule has 0 spiro atoms. The Balaban J connectivity index is 1.29. The first-order chi connectivity index (χ1) is 22.8. The lowest BCUT2D eigenvalue weighted by molar-refractivity contribution is 0.484. The van der Waals surface area contributed by atoms with Gasteiger partial charge in [0.1, 0.15) is 23.0 Å². The van der Waals surface area contributed by atoms with Crippen molar-refractivity contribution >= 4 is 11.4 Å². The maximum atomic E-state index is 6.38. The van der Waals surface area contributed by atoms with Gasteiger partial charge in [-0.3, -0.25) is 0 Å². The SMILES string of the molecule is CC(C)c1ccc(Oc2ccc(C3(c4ccc(Oc5ccc(C(C)C)cc5N)cc4)c4ccccc4-c4ccccc43)cc2)c(N)c1. The summed E-state index contributed by atoms with van der Waals surface area (Å²) in [7, 11) is 0. The minimum atomic E-state index is -0.542. The van der Waals surface area contributed by atoms with Crippen LogP contribution in [0.25, 0.3) is 11.1 Å². The molecular formula is C43H40N2O2. The summed E-state index contributed by atoms with van der Waals surface area (Å²) in [5.41, 5.74) is 23.1. The van der Waals surface area contributed by atoms with Gasteiger partial charge in [-0.2, -0.15) is 0 Å². The number of hydrogen-bond acceptors (Lipinski definition) is 4. The molecule has 4 nitrogen and oxygen atoms in total. The highest BCUT2D eigenvalue weighted by molar-refractivity contribution is 5.86. The van der Waals surface area contributed by atoms with Gasteiger partial charge < -0.3 is 20.9 Å². The van der Waals surface area contributed by atoms with Crippen molar-refractivity contribution in [2.24, 2.45) is 0 Å². The highest BCUT2D eigenvalue weighted by atomic mass is 16.5. The van der Waals surface area contributed by atoms with Crippen molar-refractivity contribution in [2.75, 3.05) is 11.5 Å². The van der Waals surface area contributed by atoms with E-state index in [1.54, 1.807) is 0 Å². The van der Waals surface area contributed by atoms with Gasteiger partial charge in [0.25, 0.3) is 0 Å². The highest BCUT2D eigenvalue weighted by Gasteiger charge is 2.45. The summed E-state index contributed by atoms with van der Waals surface area (Å²) in [4.78, 5) is 0. The summed E-state index contributed by atoms with van der Waals surface area (Å²) >= 11 is 0. The third-order valence-electron chi connectivity index (χ3n) is 9.38. The molecule has 4 N–H and O–H groups in total. The Morgan fingerprint density at radius 2 is 0.851 bits per heavy atom. The van der Waals surface area contributed by atoms with Gasteiger partial charge in [0.05, 0.1) is 16.8 Å². The van der Waals surface area contributed by atoms with E-state index in [1.165, 1.54) is 33.4 Å². The van der Waals surface area contributed by atoms with Gasteiger partial charge in [-0.15, -0.1) is 0 Å². The number of benzene rings is 6. The summed E-state index contributed by atoms with van der Waals surface area (Å²) in [5, 5.41) is 0. The maximum Gasteiger partial charge on any atom is 0.150 e. The second kappa shape index (κ2) is 12.0. The van der Waals surface area contributed by atoms with Crippen molar-refractivity contribution < 1.29 is 9.47 Å². The van der Waals surface area contributed by atoms with Crippen LogP contribution < -0.4 is 20.9 Å². The fraction of sp³-hybridized carbons (Fsp3) is 0.163. The second-order valence-electron chi connectivity index (χ2n) is 13.0. The minimum Gasteiger partial charge on any atom is -0.455 e. The number of nitrogen functional groups attached to an aromatic ring is 2. The van der Waals surface area contributed by atoms with Crippen LogP contribution >= 0.6 is 0 Å². The lowest BCUT2D eigenvalue weighted by atomic mass is 9.68. The lowest BCUT2D eigenvalue weighted by Crippen LogP contribution is -2.28. The van der Waals surface area contributed by atoms with E-state index in [2.05, 4.69) is 113 Å². The average molecular weight is 617 g/mol. The summed E-state index contributed by atoms with van der Waals surface area (Å²) in [5.74, 6) is 3.57. The molecule has 0 heterocycles. The Morgan fingerprint density at radius 1 is 0.468 bits per heavy atom. The molecular weight excluding hydrogens is 576 g/mol. The van der Waals surface area contributed by atoms with Gasteiger partial charge in [-0.25, -0.2) is 0 Å². The minimum absolute atomic E-state index is 0.397. The zero-order chi connectivity index (χ0) is 32.7. The van der Waals surface area contributed by atoms with Crippen LogP contribution in [0.2, 0.25) is 0 Å². The third-order valence-corrected chi connectivity index (χ3v) is 9.38. The molecule has 0 atom stereocenters. The molecule has 47 heavy (non-hydrogen) atoms. The van der Waals surface area contributed by atoms with Crippen LogP contribution in [0.4, 0.5) is 11.4 Å². The van der Waals surface area contributed by atoms with E-state index in [0.29, 0.717) is 34.7 Å². The predicted octanol–water partition coefficient (Wildman–Crippen LogP) is 11.0. The number of hydrogen-bond donors (Lipinski definition) is 2. The van der Waals surface area contributed by atoms with Crippen LogP contribution in [0.5, 0.6) is 23.0 Å². The molecule has 6 aromatic carbocycles. The van der Waals surface area contributed by atoms with Gasteiger partial charge in [0.2, 0.25) is 0 Å². The molecule has 0 unspecified atom stereocenters. The molecule has 1 aliphatic rings. The largest absolute Gasteiger partial charge is 0.455 e. The number of nitrogens with two attached hydrogens (primary N) is 2. The number of ether oxygens (including phenoxy) is 2. The van der Waals surface area contributed by atoms with Crippen LogP contribution in [-0.4, -0.2) is 0 Å². The quantitative estimate of drug-likeness (QED) is 0.167. The molecule has 1 aliphatic carbocycles. The molecule has 0 aromatic heterocycles. The van der Waals surface area contributed by atoms with Gasteiger partial charge in [0, 0.05) is 0 Å². The van der Waals surface area contributed by atoms with Crippen LogP contribution in [0.15, 0.2) is 133 Å². The van der Waals surface area contributed by atoms with E-state index in [1.807, 2.05) is 48.5 Å². The first-order valence-corrected chi connectivity index (χ1v) is 16.3. The van der Waals surface area contributed by atoms with Crippen molar-refractivity contribution in [1.82, 2.24) is 0 Å². The zero-order valence-electron chi connectivity index (χ0n) is 27.3. The molecule has 4 heteroatoms. The second-order valence-corrected chi connectivity index (χ2v) is 13.0. The molecule has 7 rings (SSSR count). The standard InChI is InChI=1S/C43H40N2O2/c1-27(2)29-13-23-41(39(44)25-29)46-33-19-15-31(16-20-33)43(37-11-7-5-9-35(37)36-10-6-8-12-38(36)43)32-17-21-34(22-18-32)47-42-24-14-30(28(3)4)26-40(42)45/h5-28H,44-45H2,1-4H3. The van der Waals surface area contributed by atoms with Crippen molar-refractivity contribution in [2.45, 2.75) is 44.9 Å². The Kier molecular flexibility index (Phi) is 7.73. The smallest absolute Gasteiger partial charge is 0.150 e. The Bertz CT molecular complexity index is 1910. The predicted molar refractivity (Wildman–Crippen MR) is 194 cm³/mol. The van der Waals surface area contributed by atoms with E-state index < -0.39 is 5.41 Å². The van der Waals surface area contributed by atoms with Gasteiger partial charge in [-0.05, 0) is 105 Å². The van der Waals surface area contributed by atoms with Gasteiger partial charge in [-0.1, -0.05) is 113 Å². The molecule has 0 fully saturated rings. The maximum absolute atomic E-state index is 6.38. The van der Waals surface area contributed by atoms with Crippen molar-refractivity contribution in [3.63, 3.8) is 0 Å². The molecule has 0 saturated heterocycles. The van der Waals surface area contributed by atoms with E-state index in [9.17, 15) is 0 Å².